The minimum Gasteiger partial charge on any atom is -0.497 e. The van der Waals surface area contributed by atoms with Crippen molar-refractivity contribution in [3.63, 3.8) is 0 Å². The number of rotatable bonds is 11. The van der Waals surface area contributed by atoms with Gasteiger partial charge in [-0.15, -0.1) is 6.58 Å². The monoisotopic (exact) mass is 607 g/mol. The summed E-state index contributed by atoms with van der Waals surface area (Å²) in [6.07, 6.45) is 6.30. The van der Waals surface area contributed by atoms with Gasteiger partial charge in [0.15, 0.2) is 5.69 Å². The molecule has 4 rings (SSSR count). The maximum atomic E-state index is 14.3. The first kappa shape index (κ1) is 35.2. The van der Waals surface area contributed by atoms with Gasteiger partial charge in [-0.25, -0.2) is 9.78 Å². The number of likely N-dealkylation sites (tertiary alicyclic amines) is 1. The molecule has 0 bridgehead atoms. The summed E-state index contributed by atoms with van der Waals surface area (Å²) in [5, 5.41) is 10.4. The van der Waals surface area contributed by atoms with Gasteiger partial charge in [-0.2, -0.15) is 8.78 Å². The van der Waals surface area contributed by atoms with E-state index in [1.165, 1.54) is 24.9 Å². The molecule has 1 saturated carbocycles. The standard InChI is InChI=1S/C17H20F2N2O2.C10H17N3O4.C3H6/c1-23-12-7-8-13-14(10-12)21-16(22)15(20-13)17(18,19)9-3-2-4-11-5-6-11;1-2-6-3-4-13(8(6)9(11)15)7(14)5-12-10(16)17;1-3-2/h7-8,10-11H,2-6,9H2,1H3,(H,21,22);6,8,12H,2-5H2,1H3,(H2,11,15)(H,16,17);3H,1H2,2H3/t;6-,8+;/m.1./s1. The number of benzene rings is 1. The Morgan fingerprint density at radius 3 is 2.51 bits per heavy atom. The molecule has 2 aromatic rings. The number of nitrogens with two attached hydrogens (primary N) is 1. The highest BCUT2D eigenvalue weighted by molar-refractivity contribution is 5.89. The molecule has 2 atom stereocenters. The Balaban J connectivity index is 0.000000287. The number of amides is 3. The molecule has 0 unspecified atom stereocenters. The molecule has 5 N–H and O–H groups in total. The predicted octanol–water partition coefficient (Wildman–Crippen LogP) is 4.55. The lowest BCUT2D eigenvalue weighted by Crippen LogP contribution is -2.49. The average molecular weight is 608 g/mol. The first-order valence-electron chi connectivity index (χ1n) is 14.5. The quantitative estimate of drug-likeness (QED) is 0.215. The van der Waals surface area contributed by atoms with E-state index in [4.69, 9.17) is 15.6 Å². The van der Waals surface area contributed by atoms with Crippen LogP contribution in [0.1, 0.15) is 70.9 Å². The van der Waals surface area contributed by atoms with E-state index in [0.717, 1.165) is 31.6 Å². The van der Waals surface area contributed by atoms with Crippen molar-refractivity contribution >= 4 is 28.9 Å². The normalized spacial score (nSPS) is 17.7. The molecule has 2 heterocycles. The van der Waals surface area contributed by atoms with E-state index >= 15 is 0 Å². The van der Waals surface area contributed by atoms with E-state index in [1.807, 2.05) is 19.2 Å². The predicted molar refractivity (Wildman–Crippen MR) is 159 cm³/mol. The number of aromatic nitrogens is 2. The molecule has 1 aromatic heterocycles. The van der Waals surface area contributed by atoms with Crippen LogP contribution in [0.5, 0.6) is 5.75 Å². The maximum Gasteiger partial charge on any atom is 0.405 e. The van der Waals surface area contributed by atoms with Crippen LogP contribution in [0.2, 0.25) is 0 Å². The van der Waals surface area contributed by atoms with E-state index < -0.39 is 41.1 Å². The number of carbonyl (C=O) groups excluding carboxylic acids is 2. The van der Waals surface area contributed by atoms with E-state index in [0.29, 0.717) is 29.7 Å². The van der Waals surface area contributed by atoms with Crippen LogP contribution in [0.3, 0.4) is 0 Å². The molecule has 2 fully saturated rings. The fourth-order valence-electron chi connectivity index (χ4n) is 4.95. The number of carboxylic acid groups (broad SMARTS) is 1. The third-order valence-corrected chi connectivity index (χ3v) is 7.35. The van der Waals surface area contributed by atoms with E-state index in [2.05, 4.69) is 16.5 Å². The number of hydrogen-bond donors (Lipinski definition) is 4. The molecular formula is C30H43F2N5O6. The molecular weight excluding hydrogens is 564 g/mol. The second-order valence-corrected chi connectivity index (χ2v) is 10.6. The number of unbranched alkanes of at least 4 members (excludes halogenated alkanes) is 1. The molecule has 0 radical (unpaired) electrons. The number of methoxy groups -OCH3 is 1. The highest BCUT2D eigenvalue weighted by Gasteiger charge is 2.39. The summed E-state index contributed by atoms with van der Waals surface area (Å²) >= 11 is 0. The second kappa shape index (κ2) is 16.6. The van der Waals surface area contributed by atoms with Gasteiger partial charge in [-0.1, -0.05) is 45.1 Å². The van der Waals surface area contributed by atoms with E-state index in [1.54, 1.807) is 24.3 Å². The number of primary amides is 1. The Kier molecular flexibility index (Phi) is 13.5. The fraction of sp³-hybridized carbons (Fsp3) is 0.567. The zero-order valence-electron chi connectivity index (χ0n) is 25.0. The summed E-state index contributed by atoms with van der Waals surface area (Å²) in [5.41, 5.74) is 4.47. The summed E-state index contributed by atoms with van der Waals surface area (Å²) in [4.78, 5) is 53.1. The summed E-state index contributed by atoms with van der Waals surface area (Å²) in [7, 11) is 1.50. The van der Waals surface area contributed by atoms with Crippen LogP contribution in [0.4, 0.5) is 13.6 Å². The highest BCUT2D eigenvalue weighted by Crippen LogP contribution is 2.36. The van der Waals surface area contributed by atoms with E-state index in [-0.39, 0.29) is 18.9 Å². The Morgan fingerprint density at radius 1 is 1.28 bits per heavy atom. The Bertz CT molecular complexity index is 1310. The molecule has 2 aliphatic rings. The zero-order valence-corrected chi connectivity index (χ0v) is 25.0. The topological polar surface area (TPSA) is 168 Å². The first-order valence-corrected chi connectivity index (χ1v) is 14.5. The first-order chi connectivity index (χ1) is 20.4. The van der Waals surface area contributed by atoms with Gasteiger partial charge in [0.05, 0.1) is 18.1 Å². The van der Waals surface area contributed by atoms with Gasteiger partial charge in [0.2, 0.25) is 11.8 Å². The van der Waals surface area contributed by atoms with Gasteiger partial charge in [0.1, 0.15) is 18.3 Å². The minimum atomic E-state index is -3.20. The summed E-state index contributed by atoms with van der Waals surface area (Å²) < 4.78 is 33.7. The average Bonchev–Trinajstić information content (AvgIpc) is 3.68. The molecule has 1 saturated heterocycles. The third kappa shape index (κ3) is 10.6. The second-order valence-electron chi connectivity index (χ2n) is 10.6. The van der Waals surface area contributed by atoms with Crippen molar-refractivity contribution < 1.29 is 33.0 Å². The molecule has 238 valence electrons. The number of aromatic amines is 1. The molecule has 1 aliphatic carbocycles. The molecule has 1 aromatic carbocycles. The smallest absolute Gasteiger partial charge is 0.405 e. The highest BCUT2D eigenvalue weighted by atomic mass is 19.3. The number of ether oxygens (including phenoxy) is 1. The number of allylic oxidation sites excluding steroid dienone is 1. The van der Waals surface area contributed by atoms with Crippen LogP contribution >= 0.6 is 0 Å². The molecule has 13 heteroatoms. The number of H-pyrrole nitrogens is 1. The Hall–Kier alpha value is -4.03. The van der Waals surface area contributed by atoms with Gasteiger partial charge in [-0.3, -0.25) is 14.4 Å². The fourth-order valence-corrected chi connectivity index (χ4v) is 4.95. The number of hydrogen-bond acceptors (Lipinski definition) is 6. The van der Waals surface area contributed by atoms with Gasteiger partial charge in [0, 0.05) is 19.0 Å². The van der Waals surface area contributed by atoms with Crippen molar-refractivity contribution in [3.05, 3.63) is 46.9 Å². The van der Waals surface area contributed by atoms with Crippen molar-refractivity contribution in [2.45, 2.75) is 77.2 Å². The minimum absolute atomic E-state index is 0.0706. The summed E-state index contributed by atoms with van der Waals surface area (Å²) in [6, 6.07) is 4.16. The Labute approximate surface area is 249 Å². The van der Waals surface area contributed by atoms with Crippen LogP contribution < -0.4 is 21.3 Å². The number of nitrogens with one attached hydrogen (secondary N) is 2. The summed E-state index contributed by atoms with van der Waals surface area (Å²) in [6.45, 7) is 7.31. The van der Waals surface area contributed by atoms with Gasteiger partial charge < -0.3 is 30.8 Å². The van der Waals surface area contributed by atoms with Crippen LogP contribution in [-0.2, 0) is 15.5 Å². The molecule has 1 aliphatic heterocycles. The lowest BCUT2D eigenvalue weighted by atomic mass is 9.97. The van der Waals surface area contributed by atoms with Gasteiger partial charge in [0.25, 0.3) is 11.5 Å². The van der Waals surface area contributed by atoms with Crippen molar-refractivity contribution in [2.75, 3.05) is 20.2 Å². The molecule has 0 spiro atoms. The number of halogens is 2. The van der Waals surface area contributed by atoms with E-state index in [9.17, 15) is 28.0 Å². The lowest BCUT2D eigenvalue weighted by Gasteiger charge is -2.25. The zero-order chi connectivity index (χ0) is 32.2. The molecule has 11 nitrogen and oxygen atoms in total. The van der Waals surface area contributed by atoms with Crippen LogP contribution in [-0.4, -0.2) is 64.1 Å². The van der Waals surface area contributed by atoms with Crippen LogP contribution in [0.25, 0.3) is 11.0 Å². The largest absolute Gasteiger partial charge is 0.497 e. The number of fused-ring (bicyclic) bond motifs is 1. The van der Waals surface area contributed by atoms with Crippen molar-refractivity contribution in [2.24, 2.45) is 17.6 Å². The van der Waals surface area contributed by atoms with Crippen molar-refractivity contribution in [1.82, 2.24) is 20.2 Å². The molecule has 3 amide bonds. The van der Waals surface area contributed by atoms with Crippen molar-refractivity contribution in [1.29, 1.82) is 0 Å². The number of alkyl halides is 2. The summed E-state index contributed by atoms with van der Waals surface area (Å²) in [5.74, 6) is -2.80. The number of carbonyl (C=O) groups is 3. The Morgan fingerprint density at radius 2 is 1.95 bits per heavy atom. The maximum absolute atomic E-state index is 14.3. The van der Waals surface area contributed by atoms with Gasteiger partial charge in [-0.05, 0) is 43.7 Å². The van der Waals surface area contributed by atoms with Crippen LogP contribution in [0.15, 0.2) is 35.6 Å². The number of nitrogens with zero attached hydrogens (tertiary/aromatic N) is 2. The third-order valence-electron chi connectivity index (χ3n) is 7.35. The SMILES string of the molecule is C=CC.CC[C@@H]1CCN(C(=O)CNC(=O)O)[C@@H]1C(N)=O.COc1ccc2nc(C(F)(F)CCCCC3CC3)c(=O)[nH]c2c1. The van der Waals surface area contributed by atoms with Crippen LogP contribution in [0, 0.1) is 11.8 Å². The lowest BCUT2D eigenvalue weighted by molar-refractivity contribution is -0.137. The van der Waals surface area contributed by atoms with Gasteiger partial charge >= 0.3 is 6.09 Å². The molecule has 43 heavy (non-hydrogen) atoms. The van der Waals surface area contributed by atoms with Crippen molar-refractivity contribution in [3.8, 4) is 5.75 Å².